The highest BCUT2D eigenvalue weighted by molar-refractivity contribution is 6.10. The van der Waals surface area contributed by atoms with Crippen molar-refractivity contribution in [1.82, 2.24) is 19.9 Å². The molecular formula is C18H21N5O. The molecule has 124 valence electrons. The molecule has 0 saturated carbocycles. The van der Waals surface area contributed by atoms with E-state index in [0.717, 1.165) is 23.9 Å². The molecule has 0 atom stereocenters. The number of aromatic nitrogens is 3. The molecule has 3 rings (SSSR count). The smallest absolute Gasteiger partial charge is 0.257 e. The van der Waals surface area contributed by atoms with Crippen LogP contribution in [0, 0.1) is 0 Å². The van der Waals surface area contributed by atoms with E-state index in [4.69, 9.17) is 10.7 Å². The Labute approximate surface area is 140 Å². The van der Waals surface area contributed by atoms with Crippen molar-refractivity contribution in [2.24, 2.45) is 0 Å². The number of carbonyl (C=O) groups is 1. The van der Waals surface area contributed by atoms with Crippen molar-refractivity contribution in [2.45, 2.75) is 26.3 Å². The lowest BCUT2D eigenvalue weighted by molar-refractivity contribution is 0.0960. The highest BCUT2D eigenvalue weighted by Gasteiger charge is 2.23. The van der Waals surface area contributed by atoms with Crippen LogP contribution >= 0.6 is 0 Å². The van der Waals surface area contributed by atoms with Crippen molar-refractivity contribution in [3.8, 4) is 0 Å². The summed E-state index contributed by atoms with van der Waals surface area (Å²) in [5.41, 5.74) is 9.42. The molecule has 1 amide bonds. The highest BCUT2D eigenvalue weighted by atomic mass is 16.1. The zero-order chi connectivity index (χ0) is 17.1. The predicted molar refractivity (Wildman–Crippen MR) is 96.9 cm³/mol. The Morgan fingerprint density at radius 1 is 1.33 bits per heavy atom. The van der Waals surface area contributed by atoms with Gasteiger partial charge >= 0.3 is 0 Å². The van der Waals surface area contributed by atoms with E-state index in [1.807, 2.05) is 28.8 Å². The lowest BCUT2D eigenvalue weighted by Crippen LogP contribution is -2.24. The standard InChI is InChI=1S/C18H21N5O/c1-3-5-11-23-16(19)14(18(24)20-10-4-2)15-17(23)22-13-9-7-6-8-12(13)21-15/h4,6-9H,2-3,5,10-11,19H2,1H3,(H,20,24). The number of carbonyl (C=O) groups excluding carboxylic acids is 1. The SMILES string of the molecule is C=CCNC(=O)c1c(N)n(CCCC)c2nc3ccccc3nc12. The second-order valence-corrected chi connectivity index (χ2v) is 5.65. The first-order valence-electron chi connectivity index (χ1n) is 8.11. The van der Waals surface area contributed by atoms with E-state index in [1.54, 1.807) is 6.08 Å². The van der Waals surface area contributed by atoms with E-state index in [2.05, 4.69) is 23.8 Å². The summed E-state index contributed by atoms with van der Waals surface area (Å²) >= 11 is 0. The number of nitrogens with zero attached hydrogens (tertiary/aromatic N) is 3. The summed E-state index contributed by atoms with van der Waals surface area (Å²) in [5.74, 6) is 0.160. The largest absolute Gasteiger partial charge is 0.384 e. The Kier molecular flexibility index (Phi) is 4.46. The Balaban J connectivity index is 2.24. The third-order valence-electron chi connectivity index (χ3n) is 3.96. The predicted octanol–water partition coefficient (Wildman–Crippen LogP) is 2.88. The number of hydrogen-bond acceptors (Lipinski definition) is 4. The molecule has 1 aromatic carbocycles. The molecule has 0 saturated heterocycles. The van der Waals surface area contributed by atoms with Crippen molar-refractivity contribution in [3.63, 3.8) is 0 Å². The molecule has 0 aliphatic heterocycles. The molecule has 6 nitrogen and oxygen atoms in total. The minimum absolute atomic E-state index is 0.253. The molecule has 2 heterocycles. The molecule has 6 heteroatoms. The van der Waals surface area contributed by atoms with E-state index in [9.17, 15) is 4.79 Å². The molecule has 0 bridgehead atoms. The van der Waals surface area contributed by atoms with Crippen molar-refractivity contribution in [2.75, 3.05) is 12.3 Å². The number of rotatable bonds is 6. The van der Waals surface area contributed by atoms with Crippen LogP contribution in [0.5, 0.6) is 0 Å². The lowest BCUT2D eigenvalue weighted by Gasteiger charge is -2.06. The lowest BCUT2D eigenvalue weighted by atomic mass is 10.2. The topological polar surface area (TPSA) is 85.8 Å². The molecule has 0 radical (unpaired) electrons. The minimum atomic E-state index is -0.253. The van der Waals surface area contributed by atoms with Crippen LogP contribution in [0.15, 0.2) is 36.9 Å². The molecule has 24 heavy (non-hydrogen) atoms. The number of unbranched alkanes of at least 4 members (excludes halogenated alkanes) is 1. The van der Waals surface area contributed by atoms with E-state index in [0.29, 0.717) is 35.6 Å². The molecule has 0 aliphatic rings. The third-order valence-corrected chi connectivity index (χ3v) is 3.96. The summed E-state index contributed by atoms with van der Waals surface area (Å²) in [6, 6.07) is 7.61. The summed E-state index contributed by atoms with van der Waals surface area (Å²) in [7, 11) is 0. The molecule has 0 spiro atoms. The fourth-order valence-electron chi connectivity index (χ4n) is 2.74. The van der Waals surface area contributed by atoms with Gasteiger partial charge in [0.05, 0.1) is 11.0 Å². The first-order valence-corrected chi connectivity index (χ1v) is 8.11. The number of anilines is 1. The van der Waals surface area contributed by atoms with E-state index >= 15 is 0 Å². The van der Waals surface area contributed by atoms with Crippen LogP contribution in [0.2, 0.25) is 0 Å². The maximum absolute atomic E-state index is 12.5. The number of para-hydroxylation sites is 2. The van der Waals surface area contributed by atoms with E-state index < -0.39 is 0 Å². The summed E-state index contributed by atoms with van der Waals surface area (Å²) < 4.78 is 1.89. The van der Waals surface area contributed by atoms with Gasteiger partial charge in [0.15, 0.2) is 5.65 Å². The van der Waals surface area contributed by atoms with Crippen LogP contribution in [-0.2, 0) is 6.54 Å². The maximum Gasteiger partial charge on any atom is 0.257 e. The van der Waals surface area contributed by atoms with Crippen LogP contribution in [0.4, 0.5) is 5.82 Å². The quantitative estimate of drug-likeness (QED) is 0.683. The molecule has 3 N–H and O–H groups in total. The van der Waals surface area contributed by atoms with Gasteiger partial charge in [-0.2, -0.15) is 0 Å². The minimum Gasteiger partial charge on any atom is -0.384 e. The number of nitrogens with one attached hydrogen (secondary N) is 1. The molecule has 2 aromatic heterocycles. The molecule has 0 unspecified atom stereocenters. The summed E-state index contributed by atoms with van der Waals surface area (Å²) in [4.78, 5) is 21.9. The number of benzene rings is 1. The summed E-state index contributed by atoms with van der Waals surface area (Å²) in [5, 5.41) is 2.78. The average molecular weight is 323 g/mol. The zero-order valence-corrected chi connectivity index (χ0v) is 13.7. The first kappa shape index (κ1) is 16.0. The fraction of sp³-hybridized carbons (Fsp3) is 0.278. The van der Waals surface area contributed by atoms with Crippen molar-refractivity contribution >= 4 is 33.9 Å². The Hall–Kier alpha value is -2.89. The summed E-state index contributed by atoms with van der Waals surface area (Å²) in [6.45, 7) is 6.82. The van der Waals surface area contributed by atoms with E-state index in [-0.39, 0.29) is 5.91 Å². The molecule has 0 fully saturated rings. The van der Waals surface area contributed by atoms with Crippen molar-refractivity contribution in [1.29, 1.82) is 0 Å². The number of hydrogen-bond donors (Lipinski definition) is 2. The Morgan fingerprint density at radius 2 is 2.04 bits per heavy atom. The first-order chi connectivity index (χ1) is 11.7. The van der Waals surface area contributed by atoms with Crippen LogP contribution in [0.3, 0.4) is 0 Å². The number of nitrogens with two attached hydrogens (primary N) is 1. The van der Waals surface area contributed by atoms with Gasteiger partial charge in [0.2, 0.25) is 0 Å². The van der Waals surface area contributed by atoms with Gasteiger partial charge in [-0.25, -0.2) is 9.97 Å². The number of nitrogen functional groups attached to an aromatic ring is 1. The summed E-state index contributed by atoms with van der Waals surface area (Å²) in [6.07, 6.45) is 3.61. The number of aryl methyl sites for hydroxylation is 1. The molecule has 3 aromatic rings. The van der Waals surface area contributed by atoms with Crippen LogP contribution in [0.25, 0.3) is 22.2 Å². The van der Waals surface area contributed by atoms with Gasteiger partial charge in [-0.1, -0.05) is 31.6 Å². The Morgan fingerprint density at radius 3 is 2.71 bits per heavy atom. The molecule has 0 aliphatic carbocycles. The average Bonchev–Trinajstić information content (AvgIpc) is 2.86. The van der Waals surface area contributed by atoms with E-state index in [1.165, 1.54) is 0 Å². The number of amides is 1. The molecular weight excluding hydrogens is 302 g/mol. The van der Waals surface area contributed by atoms with Gasteiger partial charge in [-0.3, -0.25) is 4.79 Å². The van der Waals surface area contributed by atoms with Gasteiger partial charge in [0.25, 0.3) is 5.91 Å². The van der Waals surface area contributed by atoms with Gasteiger partial charge < -0.3 is 15.6 Å². The fourth-order valence-corrected chi connectivity index (χ4v) is 2.74. The normalized spacial score (nSPS) is 11.0. The zero-order valence-electron chi connectivity index (χ0n) is 13.7. The van der Waals surface area contributed by atoms with Gasteiger partial charge in [0, 0.05) is 13.1 Å². The van der Waals surface area contributed by atoms with Crippen molar-refractivity contribution < 1.29 is 4.79 Å². The highest BCUT2D eigenvalue weighted by Crippen LogP contribution is 2.28. The van der Waals surface area contributed by atoms with Crippen molar-refractivity contribution in [3.05, 3.63) is 42.5 Å². The third kappa shape index (κ3) is 2.71. The second-order valence-electron chi connectivity index (χ2n) is 5.65. The van der Waals surface area contributed by atoms with Gasteiger partial charge in [-0.05, 0) is 18.6 Å². The van der Waals surface area contributed by atoms with Gasteiger partial charge in [-0.15, -0.1) is 6.58 Å². The second kappa shape index (κ2) is 6.70. The maximum atomic E-state index is 12.5. The van der Waals surface area contributed by atoms with Crippen LogP contribution in [0.1, 0.15) is 30.1 Å². The number of fused-ring (bicyclic) bond motifs is 2. The van der Waals surface area contributed by atoms with Crippen LogP contribution < -0.4 is 11.1 Å². The monoisotopic (exact) mass is 323 g/mol. The van der Waals surface area contributed by atoms with Gasteiger partial charge in [0.1, 0.15) is 16.9 Å². The Bertz CT molecular complexity index is 913. The van der Waals surface area contributed by atoms with Crippen LogP contribution in [-0.4, -0.2) is 27.0 Å².